The summed E-state index contributed by atoms with van der Waals surface area (Å²) in [5, 5.41) is 4.64. The summed E-state index contributed by atoms with van der Waals surface area (Å²) >= 11 is 1.34. The minimum Gasteiger partial charge on any atom is -0.322 e. The fourth-order valence-electron chi connectivity index (χ4n) is 3.31. The summed E-state index contributed by atoms with van der Waals surface area (Å²) in [6, 6.07) is 11.1. The number of aromatic nitrogens is 3. The predicted molar refractivity (Wildman–Crippen MR) is 117 cm³/mol. The second-order valence-corrected chi connectivity index (χ2v) is 8.99. The molecule has 0 saturated heterocycles. The summed E-state index contributed by atoms with van der Waals surface area (Å²) in [4.78, 5) is 32.9. The number of nitrogens with one attached hydrogen (secondary N) is 2. The van der Waals surface area contributed by atoms with Crippen LogP contribution in [0.3, 0.4) is 0 Å². The number of pyridine rings is 1. The van der Waals surface area contributed by atoms with Crippen molar-refractivity contribution in [2.75, 3.05) is 5.32 Å². The molecule has 0 aliphatic heterocycles. The van der Waals surface area contributed by atoms with Gasteiger partial charge < -0.3 is 14.9 Å². The number of hydrogen-bond donors (Lipinski definition) is 2. The highest BCUT2D eigenvalue weighted by molar-refractivity contribution is 7.16. The highest BCUT2D eigenvalue weighted by Crippen LogP contribution is 2.29. The molecule has 0 saturated carbocycles. The number of thiazole rings is 1. The number of hydrogen-bond acceptors (Lipinski definition) is 4. The summed E-state index contributed by atoms with van der Waals surface area (Å²) < 4.78 is 1.88. The molecule has 0 atom stereocenters. The van der Waals surface area contributed by atoms with Crippen LogP contribution in [0, 0.1) is 6.92 Å². The van der Waals surface area contributed by atoms with Gasteiger partial charge in [-0.3, -0.25) is 9.59 Å². The van der Waals surface area contributed by atoms with Gasteiger partial charge in [0.05, 0.1) is 11.2 Å². The Kier molecular flexibility index (Phi) is 4.62. The number of amides is 1. The van der Waals surface area contributed by atoms with Crippen LogP contribution >= 0.6 is 11.3 Å². The lowest BCUT2D eigenvalue weighted by atomic mass is 9.85. The molecule has 3 heterocycles. The molecule has 1 amide bonds. The zero-order chi connectivity index (χ0) is 20.8. The fraction of sp³-hybridized carbons (Fsp3) is 0.227. The van der Waals surface area contributed by atoms with Crippen LogP contribution in [0.25, 0.3) is 16.0 Å². The fourth-order valence-corrected chi connectivity index (χ4v) is 4.24. The van der Waals surface area contributed by atoms with Crippen molar-refractivity contribution in [3.05, 3.63) is 75.3 Å². The van der Waals surface area contributed by atoms with Crippen LogP contribution in [-0.2, 0) is 5.41 Å². The van der Waals surface area contributed by atoms with E-state index in [1.807, 2.05) is 48.1 Å². The van der Waals surface area contributed by atoms with Crippen LogP contribution < -0.4 is 10.9 Å². The van der Waals surface area contributed by atoms with E-state index < -0.39 is 0 Å². The third-order valence-electron chi connectivity index (χ3n) is 4.73. The van der Waals surface area contributed by atoms with Gasteiger partial charge in [0.1, 0.15) is 4.88 Å². The average Bonchev–Trinajstić information content (AvgIpc) is 3.29. The van der Waals surface area contributed by atoms with Crippen molar-refractivity contribution in [1.82, 2.24) is 14.5 Å². The van der Waals surface area contributed by atoms with Crippen molar-refractivity contribution in [3.63, 3.8) is 0 Å². The molecule has 4 aromatic rings. The maximum Gasteiger partial charge on any atom is 0.267 e. The first kappa shape index (κ1) is 19.1. The summed E-state index contributed by atoms with van der Waals surface area (Å²) in [6.07, 6.45) is 3.79. The van der Waals surface area contributed by atoms with Crippen molar-refractivity contribution < 1.29 is 4.79 Å². The van der Waals surface area contributed by atoms with E-state index in [0.717, 1.165) is 16.1 Å². The van der Waals surface area contributed by atoms with Gasteiger partial charge in [-0.2, -0.15) is 0 Å². The number of anilines is 1. The number of benzene rings is 1. The van der Waals surface area contributed by atoms with Gasteiger partial charge in [0.15, 0.2) is 5.13 Å². The zero-order valence-electron chi connectivity index (χ0n) is 16.7. The molecule has 0 bridgehead atoms. The van der Waals surface area contributed by atoms with Crippen LogP contribution in [0.1, 0.15) is 41.7 Å². The maximum atomic E-state index is 12.8. The molecule has 0 spiro atoms. The van der Waals surface area contributed by atoms with Crippen molar-refractivity contribution in [3.8, 4) is 5.13 Å². The van der Waals surface area contributed by atoms with Crippen molar-refractivity contribution >= 4 is 33.8 Å². The van der Waals surface area contributed by atoms with Gasteiger partial charge in [-0.25, -0.2) is 4.98 Å². The van der Waals surface area contributed by atoms with Crippen LogP contribution in [0.2, 0.25) is 0 Å². The van der Waals surface area contributed by atoms with Crippen LogP contribution in [-0.4, -0.2) is 20.4 Å². The Labute approximate surface area is 172 Å². The molecule has 0 fully saturated rings. The van der Waals surface area contributed by atoms with Crippen LogP contribution in [0.4, 0.5) is 5.69 Å². The molecule has 0 aliphatic rings. The second-order valence-electron chi connectivity index (χ2n) is 8.01. The monoisotopic (exact) mass is 406 g/mol. The second kappa shape index (κ2) is 7.00. The maximum absolute atomic E-state index is 12.8. The van der Waals surface area contributed by atoms with E-state index in [-0.39, 0.29) is 16.9 Å². The van der Waals surface area contributed by atoms with Gasteiger partial charge in [0.2, 0.25) is 5.56 Å². The third-order valence-corrected chi connectivity index (χ3v) is 5.90. The molecule has 4 rings (SSSR count). The summed E-state index contributed by atoms with van der Waals surface area (Å²) in [7, 11) is 0. The summed E-state index contributed by atoms with van der Waals surface area (Å²) in [5.41, 5.74) is 2.67. The van der Waals surface area contributed by atoms with Crippen molar-refractivity contribution in [2.45, 2.75) is 33.1 Å². The van der Waals surface area contributed by atoms with Gasteiger partial charge >= 0.3 is 0 Å². The van der Waals surface area contributed by atoms with E-state index in [1.54, 1.807) is 12.1 Å². The molecular formula is C22H22N4O2S. The average molecular weight is 407 g/mol. The third kappa shape index (κ3) is 3.73. The van der Waals surface area contributed by atoms with E-state index in [1.165, 1.54) is 11.3 Å². The molecule has 148 valence electrons. The Morgan fingerprint density at radius 1 is 1.17 bits per heavy atom. The molecule has 0 unspecified atom stereocenters. The van der Waals surface area contributed by atoms with Gasteiger partial charge in [0, 0.05) is 29.5 Å². The lowest BCUT2D eigenvalue weighted by Crippen LogP contribution is -2.17. The van der Waals surface area contributed by atoms with Crippen molar-refractivity contribution in [1.29, 1.82) is 0 Å². The molecule has 0 aliphatic carbocycles. The first-order valence-electron chi connectivity index (χ1n) is 9.32. The normalized spacial score (nSPS) is 11.7. The van der Waals surface area contributed by atoms with Gasteiger partial charge in [-0.1, -0.05) is 38.2 Å². The number of carbonyl (C=O) groups excluding carboxylic acids is 1. The minimum absolute atomic E-state index is 0.152. The molecule has 1 aromatic carbocycles. The smallest absolute Gasteiger partial charge is 0.267 e. The van der Waals surface area contributed by atoms with E-state index >= 15 is 0 Å². The Morgan fingerprint density at radius 2 is 1.90 bits per heavy atom. The Bertz CT molecular complexity index is 1260. The zero-order valence-corrected chi connectivity index (χ0v) is 17.6. The van der Waals surface area contributed by atoms with Crippen molar-refractivity contribution in [2.24, 2.45) is 0 Å². The largest absolute Gasteiger partial charge is 0.322 e. The molecule has 3 aromatic heterocycles. The number of nitrogens with zero attached hydrogens (tertiary/aromatic N) is 2. The lowest BCUT2D eigenvalue weighted by molar-refractivity contribution is 0.103. The van der Waals surface area contributed by atoms with E-state index in [4.69, 9.17) is 0 Å². The number of aryl methyl sites for hydroxylation is 1. The Morgan fingerprint density at radius 3 is 2.59 bits per heavy atom. The standard InChI is InChI=1S/C22H22N4O2S/c1-13-19(29-21(23-13)26-9-5-6-10-26)20(28)24-14-7-8-15-16(22(2,3)4)12-18(27)25-17(15)11-14/h5-12H,1-4H3,(H,24,28)(H,25,27). The van der Waals surface area contributed by atoms with E-state index in [2.05, 4.69) is 36.1 Å². The van der Waals surface area contributed by atoms with Crippen LogP contribution in [0.5, 0.6) is 0 Å². The molecule has 2 N–H and O–H groups in total. The molecule has 7 heteroatoms. The topological polar surface area (TPSA) is 79.8 Å². The molecule has 0 radical (unpaired) electrons. The highest BCUT2D eigenvalue weighted by Gasteiger charge is 2.19. The van der Waals surface area contributed by atoms with Gasteiger partial charge in [-0.15, -0.1) is 0 Å². The SMILES string of the molecule is Cc1nc(-n2cccc2)sc1C(=O)Nc1ccc2c(C(C)(C)C)cc(=O)[nH]c2c1. The predicted octanol–water partition coefficient (Wildman–Crippen LogP) is 4.63. The molecule has 29 heavy (non-hydrogen) atoms. The van der Waals surface area contributed by atoms with E-state index in [9.17, 15) is 9.59 Å². The molecule has 6 nitrogen and oxygen atoms in total. The molecular weight excluding hydrogens is 384 g/mol. The Hall–Kier alpha value is -3.19. The van der Waals surface area contributed by atoms with Gasteiger partial charge in [-0.05, 0) is 42.2 Å². The quantitative estimate of drug-likeness (QED) is 0.520. The minimum atomic E-state index is -0.216. The first-order valence-corrected chi connectivity index (χ1v) is 10.1. The van der Waals surface area contributed by atoms with Gasteiger partial charge in [0.25, 0.3) is 5.91 Å². The first-order chi connectivity index (χ1) is 13.7. The summed E-state index contributed by atoms with van der Waals surface area (Å²) in [5.74, 6) is -0.216. The lowest BCUT2D eigenvalue weighted by Gasteiger charge is -2.21. The number of fused-ring (bicyclic) bond motifs is 1. The van der Waals surface area contributed by atoms with Crippen LogP contribution in [0.15, 0.2) is 53.6 Å². The summed E-state index contributed by atoms with van der Waals surface area (Å²) in [6.45, 7) is 8.05. The number of aromatic amines is 1. The highest BCUT2D eigenvalue weighted by atomic mass is 32.1. The number of H-pyrrole nitrogens is 1. The number of rotatable bonds is 3. The number of carbonyl (C=O) groups is 1. The Balaban J connectivity index is 1.66. The van der Waals surface area contributed by atoms with E-state index in [0.29, 0.717) is 21.8 Å².